The van der Waals surface area contributed by atoms with Crippen molar-refractivity contribution in [3.05, 3.63) is 48.0 Å². The SMILES string of the molecule is CC(=O)Nc1ccc(SC(Cl)(Cl)Cl)cc1F.CC(=O)Nc1ccc(SC(F)(F)F)cc1F. The van der Waals surface area contributed by atoms with Crippen molar-refractivity contribution >= 4 is 81.5 Å². The Morgan fingerprint density at radius 2 is 1.16 bits per heavy atom. The Hall–Kier alpha value is -1.40. The molecule has 0 radical (unpaired) electrons. The summed E-state index contributed by atoms with van der Waals surface area (Å²) in [5.74, 6) is -2.31. The van der Waals surface area contributed by atoms with Gasteiger partial charge in [-0.3, -0.25) is 9.59 Å². The molecule has 0 bridgehead atoms. The molecule has 0 heterocycles. The van der Waals surface area contributed by atoms with Gasteiger partial charge in [0.25, 0.3) is 0 Å². The predicted octanol–water partition coefficient (Wildman–Crippen LogP) is 7.60. The van der Waals surface area contributed by atoms with E-state index in [2.05, 4.69) is 10.6 Å². The van der Waals surface area contributed by atoms with Crippen LogP contribution in [0.4, 0.5) is 33.3 Å². The van der Waals surface area contributed by atoms with Gasteiger partial charge in [0, 0.05) is 23.6 Å². The van der Waals surface area contributed by atoms with Crippen molar-refractivity contribution < 1.29 is 31.5 Å². The van der Waals surface area contributed by atoms with E-state index in [0.29, 0.717) is 4.90 Å². The fourth-order valence-electron chi connectivity index (χ4n) is 1.97. The Bertz CT molecular complexity index is 895. The number of hydrogen-bond donors (Lipinski definition) is 2. The molecule has 0 atom stereocenters. The second kappa shape index (κ2) is 12.2. The number of nitrogens with one attached hydrogen (secondary N) is 2. The van der Waals surface area contributed by atoms with E-state index in [4.69, 9.17) is 34.8 Å². The summed E-state index contributed by atoms with van der Waals surface area (Å²) in [7, 11) is 0. The molecule has 0 unspecified atom stereocenters. The molecule has 0 aliphatic rings. The number of halogens is 8. The van der Waals surface area contributed by atoms with Crippen LogP contribution in [0.1, 0.15) is 13.8 Å². The molecule has 0 aromatic heterocycles. The maximum absolute atomic E-state index is 13.4. The van der Waals surface area contributed by atoms with Crippen LogP contribution in [0.2, 0.25) is 0 Å². The fourth-order valence-corrected chi connectivity index (χ4v) is 3.90. The number of carbonyl (C=O) groups excluding carboxylic acids is 2. The Kier molecular flexibility index (Phi) is 10.9. The van der Waals surface area contributed by atoms with Gasteiger partial charge in [-0.25, -0.2) is 8.78 Å². The van der Waals surface area contributed by atoms with Crippen molar-refractivity contribution in [3.63, 3.8) is 0 Å². The quantitative estimate of drug-likeness (QED) is 0.232. The summed E-state index contributed by atoms with van der Waals surface area (Å²) in [5, 5.41) is 4.50. The number of benzene rings is 2. The first-order valence-electron chi connectivity index (χ1n) is 8.21. The van der Waals surface area contributed by atoms with Gasteiger partial charge < -0.3 is 10.6 Å². The third kappa shape index (κ3) is 12.0. The minimum Gasteiger partial charge on any atom is -0.324 e. The molecule has 0 aliphatic carbocycles. The van der Waals surface area contributed by atoms with Crippen LogP contribution in [-0.2, 0) is 9.59 Å². The largest absolute Gasteiger partial charge is 0.446 e. The summed E-state index contributed by atoms with van der Waals surface area (Å²) < 4.78 is 60.9. The molecule has 14 heteroatoms. The van der Waals surface area contributed by atoms with Crippen LogP contribution in [0.3, 0.4) is 0 Å². The summed E-state index contributed by atoms with van der Waals surface area (Å²) >= 11 is 17.1. The number of amides is 2. The molecular formula is C18H14Cl3F5N2O2S2. The van der Waals surface area contributed by atoms with E-state index in [-0.39, 0.29) is 22.2 Å². The third-order valence-corrected chi connectivity index (χ3v) is 5.11. The maximum atomic E-state index is 13.4. The zero-order valence-electron chi connectivity index (χ0n) is 16.1. The van der Waals surface area contributed by atoms with Crippen LogP contribution in [0.5, 0.6) is 0 Å². The molecule has 2 aromatic rings. The highest BCUT2D eigenvalue weighted by molar-refractivity contribution is 8.04. The number of carbonyl (C=O) groups is 2. The van der Waals surface area contributed by atoms with E-state index in [9.17, 15) is 31.5 Å². The van der Waals surface area contributed by atoms with E-state index in [1.807, 2.05) is 0 Å². The van der Waals surface area contributed by atoms with Gasteiger partial charge in [0.05, 0.1) is 11.4 Å². The highest BCUT2D eigenvalue weighted by atomic mass is 35.6. The van der Waals surface area contributed by atoms with Crippen LogP contribution in [-0.4, -0.2) is 20.4 Å². The molecule has 4 nitrogen and oxygen atoms in total. The lowest BCUT2D eigenvalue weighted by Crippen LogP contribution is -2.07. The third-order valence-electron chi connectivity index (χ3n) is 2.97. The first-order valence-corrected chi connectivity index (χ1v) is 11.0. The Morgan fingerprint density at radius 3 is 1.44 bits per heavy atom. The molecule has 0 spiro atoms. The molecule has 176 valence electrons. The molecular weight excluding hydrogens is 542 g/mol. The van der Waals surface area contributed by atoms with E-state index in [1.165, 1.54) is 26.0 Å². The van der Waals surface area contributed by atoms with Gasteiger partial charge in [-0.1, -0.05) is 46.6 Å². The Labute approximate surface area is 203 Å². The summed E-state index contributed by atoms with van der Waals surface area (Å²) in [4.78, 5) is 21.5. The highest BCUT2D eigenvalue weighted by Crippen LogP contribution is 2.44. The van der Waals surface area contributed by atoms with Crippen molar-refractivity contribution in [1.82, 2.24) is 0 Å². The predicted molar refractivity (Wildman–Crippen MR) is 119 cm³/mol. The average molecular weight is 556 g/mol. The molecule has 2 rings (SSSR count). The summed E-state index contributed by atoms with van der Waals surface area (Å²) in [6.07, 6.45) is 0. The minimum absolute atomic E-state index is 0.0983. The first-order chi connectivity index (χ1) is 14.6. The van der Waals surface area contributed by atoms with E-state index >= 15 is 0 Å². The summed E-state index contributed by atoms with van der Waals surface area (Å²) in [6, 6.07) is 7.06. The fraction of sp³-hybridized carbons (Fsp3) is 0.222. The van der Waals surface area contributed by atoms with Crippen LogP contribution < -0.4 is 10.6 Å². The monoisotopic (exact) mass is 554 g/mol. The minimum atomic E-state index is -4.46. The molecule has 0 saturated carbocycles. The first kappa shape index (κ1) is 28.6. The maximum Gasteiger partial charge on any atom is 0.446 e. The molecule has 0 saturated heterocycles. The number of hydrogen-bond acceptors (Lipinski definition) is 4. The standard InChI is InChI=1S/C9H7Cl3FNOS.C9H7F4NOS/c1-5(15)14-8-3-2-6(4-7(8)13)16-9(10,11)12;1-5(15)14-8-3-2-6(4-7(8)10)16-9(11,12)13/h2*2-4H,1H3,(H,14,15). The van der Waals surface area contributed by atoms with Crippen molar-refractivity contribution in [2.24, 2.45) is 0 Å². The molecule has 2 amide bonds. The molecule has 2 N–H and O–H groups in total. The van der Waals surface area contributed by atoms with Crippen molar-refractivity contribution in [1.29, 1.82) is 0 Å². The van der Waals surface area contributed by atoms with Crippen LogP contribution in [0.15, 0.2) is 46.2 Å². The molecule has 0 fully saturated rings. The normalized spacial score (nSPS) is 11.3. The lowest BCUT2D eigenvalue weighted by molar-refractivity contribution is -0.115. The lowest BCUT2D eigenvalue weighted by atomic mass is 10.3. The topological polar surface area (TPSA) is 58.2 Å². The second-order valence-electron chi connectivity index (χ2n) is 5.74. The van der Waals surface area contributed by atoms with E-state index in [1.54, 1.807) is 6.07 Å². The second-order valence-corrected chi connectivity index (χ2v) is 11.1. The number of anilines is 2. The van der Waals surface area contributed by atoms with Crippen LogP contribution in [0, 0.1) is 11.6 Å². The smallest absolute Gasteiger partial charge is 0.324 e. The number of rotatable bonds is 4. The Balaban J connectivity index is 0.000000320. The van der Waals surface area contributed by atoms with Crippen molar-refractivity contribution in [2.75, 3.05) is 10.6 Å². The number of thioether (sulfide) groups is 2. The van der Waals surface area contributed by atoms with Crippen molar-refractivity contribution in [2.45, 2.75) is 32.3 Å². The summed E-state index contributed by atoms with van der Waals surface area (Å²) in [5.41, 5.74) is -4.50. The highest BCUT2D eigenvalue weighted by Gasteiger charge is 2.29. The van der Waals surface area contributed by atoms with E-state index < -0.39 is 37.9 Å². The van der Waals surface area contributed by atoms with Gasteiger partial charge in [-0.05, 0) is 48.2 Å². The molecule has 32 heavy (non-hydrogen) atoms. The van der Waals surface area contributed by atoms with Gasteiger partial charge in [0.15, 0.2) is 0 Å². The van der Waals surface area contributed by atoms with Gasteiger partial charge in [-0.15, -0.1) is 0 Å². The van der Waals surface area contributed by atoms with Crippen LogP contribution >= 0.6 is 58.3 Å². The molecule has 0 aliphatic heterocycles. The van der Waals surface area contributed by atoms with E-state index in [0.717, 1.165) is 30.0 Å². The van der Waals surface area contributed by atoms with Crippen molar-refractivity contribution in [3.8, 4) is 0 Å². The van der Waals surface area contributed by atoms with Gasteiger partial charge in [0.2, 0.25) is 14.9 Å². The zero-order chi connectivity index (χ0) is 24.7. The Morgan fingerprint density at radius 1 is 0.781 bits per heavy atom. The zero-order valence-corrected chi connectivity index (χ0v) is 20.0. The molecule has 2 aromatic carbocycles. The van der Waals surface area contributed by atoms with Gasteiger partial charge >= 0.3 is 5.51 Å². The lowest BCUT2D eigenvalue weighted by Gasteiger charge is -2.11. The number of alkyl halides is 6. The van der Waals surface area contributed by atoms with Crippen LogP contribution in [0.25, 0.3) is 0 Å². The van der Waals surface area contributed by atoms with Gasteiger partial charge in [0.1, 0.15) is 11.6 Å². The summed E-state index contributed by atoms with van der Waals surface area (Å²) in [6.45, 7) is 2.47. The van der Waals surface area contributed by atoms with Gasteiger partial charge in [-0.2, -0.15) is 13.2 Å². The average Bonchev–Trinajstić information content (AvgIpc) is 2.57.